The van der Waals surface area contributed by atoms with Crippen molar-refractivity contribution in [2.24, 2.45) is 0 Å². The van der Waals surface area contributed by atoms with Crippen LogP contribution in [0.3, 0.4) is 0 Å². The normalized spacial score (nSPS) is 12.3. The molecule has 0 heterocycles. The van der Waals surface area contributed by atoms with E-state index in [-0.39, 0.29) is 11.0 Å². The molecule has 0 aromatic heterocycles. The zero-order chi connectivity index (χ0) is 26.1. The molecule has 0 radical (unpaired) electrons. The van der Waals surface area contributed by atoms with Crippen LogP contribution in [0.25, 0.3) is 0 Å². The van der Waals surface area contributed by atoms with E-state index in [1.165, 1.54) is 64.2 Å². The lowest BCUT2D eigenvalue weighted by atomic mass is 10.0. The Morgan fingerprint density at radius 3 is 1.86 bits per heavy atom. The summed E-state index contributed by atoms with van der Waals surface area (Å²) in [7, 11) is 0. The molecule has 0 unspecified atom stereocenters. The number of carbonyl (C=O) groups excluding carboxylic acids is 1. The Labute approximate surface area is 233 Å². The average molecular weight is 565 g/mol. The highest BCUT2D eigenvalue weighted by atomic mass is 35.6. The van der Waals surface area contributed by atoms with Crippen LogP contribution in [0.5, 0.6) is 0 Å². The molecular weight excluding hydrogens is 521 g/mol. The van der Waals surface area contributed by atoms with E-state index in [9.17, 15) is 4.79 Å². The third kappa shape index (κ3) is 15.9. The van der Waals surface area contributed by atoms with Gasteiger partial charge in [-0.15, -0.1) is 0 Å². The van der Waals surface area contributed by atoms with Crippen molar-refractivity contribution in [2.45, 2.75) is 121 Å². The van der Waals surface area contributed by atoms with Crippen molar-refractivity contribution in [1.82, 2.24) is 10.6 Å². The van der Waals surface area contributed by atoms with Crippen LogP contribution in [0, 0.1) is 13.8 Å². The van der Waals surface area contributed by atoms with E-state index in [0.717, 1.165) is 36.1 Å². The standard InChI is InChI=1S/C27H44Cl3N3OS/c1-4-5-6-7-8-9-10-11-12-13-14-15-16-17-24(34)32-25(27(28,29)30)33-26(35)31-23-19-18-21(2)20-22(23)3/h18-20,25H,4-17H2,1-3H3,(H,32,34)(H2,31,33,35)/t25-/m1/s1. The number of benzene rings is 1. The Morgan fingerprint density at radius 1 is 0.857 bits per heavy atom. The van der Waals surface area contributed by atoms with E-state index in [1.807, 2.05) is 26.0 Å². The fraction of sp³-hybridized carbons (Fsp3) is 0.704. The van der Waals surface area contributed by atoms with Crippen LogP contribution in [-0.2, 0) is 4.79 Å². The van der Waals surface area contributed by atoms with E-state index in [2.05, 4.69) is 28.9 Å². The van der Waals surface area contributed by atoms with Gasteiger partial charge in [0, 0.05) is 12.1 Å². The summed E-state index contributed by atoms with van der Waals surface area (Å²) < 4.78 is -1.75. The van der Waals surface area contributed by atoms with E-state index >= 15 is 0 Å². The quantitative estimate of drug-likeness (QED) is 0.0765. The molecule has 200 valence electrons. The van der Waals surface area contributed by atoms with Crippen molar-refractivity contribution in [2.75, 3.05) is 5.32 Å². The van der Waals surface area contributed by atoms with Gasteiger partial charge in [0.05, 0.1) is 0 Å². The number of carbonyl (C=O) groups is 1. The molecule has 1 aromatic rings. The van der Waals surface area contributed by atoms with Crippen molar-refractivity contribution in [3.8, 4) is 0 Å². The van der Waals surface area contributed by atoms with Crippen molar-refractivity contribution in [3.05, 3.63) is 29.3 Å². The summed E-state index contributed by atoms with van der Waals surface area (Å²) in [6.07, 6.45) is 15.9. The smallest absolute Gasteiger partial charge is 0.228 e. The predicted octanol–water partition coefficient (Wildman–Crippen LogP) is 8.88. The lowest BCUT2D eigenvalue weighted by Gasteiger charge is -2.28. The molecule has 1 rings (SSSR count). The largest absolute Gasteiger partial charge is 0.339 e. The first kappa shape index (κ1) is 32.3. The van der Waals surface area contributed by atoms with E-state index in [4.69, 9.17) is 47.0 Å². The molecule has 1 aromatic carbocycles. The van der Waals surface area contributed by atoms with E-state index in [1.54, 1.807) is 0 Å². The number of hydrogen-bond donors (Lipinski definition) is 3. The highest BCUT2D eigenvalue weighted by Crippen LogP contribution is 2.29. The summed E-state index contributed by atoms with van der Waals surface area (Å²) in [6, 6.07) is 5.98. The van der Waals surface area contributed by atoms with Crippen molar-refractivity contribution < 1.29 is 4.79 Å². The first-order valence-electron chi connectivity index (χ1n) is 13.1. The molecule has 3 N–H and O–H groups in total. The van der Waals surface area contributed by atoms with Crippen LogP contribution in [0.4, 0.5) is 5.69 Å². The molecule has 0 fully saturated rings. The molecule has 0 spiro atoms. The summed E-state index contributed by atoms with van der Waals surface area (Å²) in [5.74, 6) is -0.161. The molecular formula is C27H44Cl3N3OS. The van der Waals surface area contributed by atoms with Crippen molar-refractivity contribution in [3.63, 3.8) is 0 Å². The fourth-order valence-corrected chi connectivity index (χ4v) is 4.53. The lowest BCUT2D eigenvalue weighted by Crippen LogP contribution is -2.56. The third-order valence-electron chi connectivity index (χ3n) is 6.05. The van der Waals surface area contributed by atoms with Gasteiger partial charge in [-0.05, 0) is 44.1 Å². The Balaban J connectivity index is 2.23. The Kier molecular flexibility index (Phi) is 17.1. The average Bonchev–Trinajstić information content (AvgIpc) is 2.78. The van der Waals surface area contributed by atoms with Crippen LogP contribution in [0.15, 0.2) is 18.2 Å². The monoisotopic (exact) mass is 563 g/mol. The molecule has 8 heteroatoms. The van der Waals surface area contributed by atoms with Gasteiger partial charge in [0.1, 0.15) is 6.17 Å². The third-order valence-corrected chi connectivity index (χ3v) is 6.92. The topological polar surface area (TPSA) is 53.2 Å². The van der Waals surface area contributed by atoms with Gasteiger partial charge in [-0.2, -0.15) is 0 Å². The van der Waals surface area contributed by atoms with Crippen molar-refractivity contribution in [1.29, 1.82) is 0 Å². The number of thiocarbonyl (C=S) groups is 1. The van der Waals surface area contributed by atoms with Gasteiger partial charge >= 0.3 is 0 Å². The lowest BCUT2D eigenvalue weighted by molar-refractivity contribution is -0.122. The maximum absolute atomic E-state index is 12.4. The minimum atomic E-state index is -1.75. The molecule has 1 atom stereocenters. The number of nitrogens with one attached hydrogen (secondary N) is 3. The van der Waals surface area contributed by atoms with Gasteiger partial charge < -0.3 is 16.0 Å². The van der Waals surface area contributed by atoms with Crippen molar-refractivity contribution >= 4 is 63.7 Å². The molecule has 0 aliphatic rings. The fourth-order valence-electron chi connectivity index (χ4n) is 3.98. The number of rotatable bonds is 17. The zero-order valence-electron chi connectivity index (χ0n) is 21.7. The summed E-state index contributed by atoms with van der Waals surface area (Å²) in [5.41, 5.74) is 3.06. The maximum atomic E-state index is 12.4. The van der Waals surface area contributed by atoms with E-state index in [0.29, 0.717) is 6.42 Å². The summed E-state index contributed by atoms with van der Waals surface area (Å²) in [5, 5.41) is 9.06. The van der Waals surface area contributed by atoms with E-state index < -0.39 is 9.96 Å². The summed E-state index contributed by atoms with van der Waals surface area (Å²) in [4.78, 5) is 12.4. The van der Waals surface area contributed by atoms with Gasteiger partial charge in [0.25, 0.3) is 0 Å². The van der Waals surface area contributed by atoms with Crippen LogP contribution in [0.1, 0.15) is 108 Å². The highest BCUT2D eigenvalue weighted by molar-refractivity contribution is 7.80. The number of hydrogen-bond acceptors (Lipinski definition) is 2. The maximum Gasteiger partial charge on any atom is 0.228 e. The number of aryl methyl sites for hydroxylation is 2. The van der Waals surface area contributed by atoms with Crippen LogP contribution in [0.2, 0.25) is 0 Å². The Bertz CT molecular complexity index is 756. The first-order valence-corrected chi connectivity index (χ1v) is 14.7. The van der Waals surface area contributed by atoms with Gasteiger partial charge in [-0.1, -0.05) is 136 Å². The number of unbranched alkanes of at least 4 members (excludes halogenated alkanes) is 12. The second-order valence-electron chi connectivity index (χ2n) is 9.45. The molecule has 0 bridgehead atoms. The highest BCUT2D eigenvalue weighted by Gasteiger charge is 2.34. The summed E-state index contributed by atoms with van der Waals surface area (Å²) >= 11 is 23.7. The minimum Gasteiger partial charge on any atom is -0.339 e. The molecule has 35 heavy (non-hydrogen) atoms. The van der Waals surface area contributed by atoms with Gasteiger partial charge in [-0.25, -0.2) is 0 Å². The molecule has 1 amide bonds. The zero-order valence-corrected chi connectivity index (χ0v) is 24.7. The molecule has 0 saturated heterocycles. The van der Waals surface area contributed by atoms with Gasteiger partial charge in [-0.3, -0.25) is 4.79 Å². The molecule has 4 nitrogen and oxygen atoms in total. The van der Waals surface area contributed by atoms with Crippen LogP contribution < -0.4 is 16.0 Å². The number of halogens is 3. The number of alkyl halides is 3. The van der Waals surface area contributed by atoms with Crippen LogP contribution >= 0.6 is 47.0 Å². The van der Waals surface area contributed by atoms with Crippen LogP contribution in [-0.4, -0.2) is 21.0 Å². The Morgan fingerprint density at radius 2 is 1.37 bits per heavy atom. The second kappa shape index (κ2) is 18.5. The first-order chi connectivity index (χ1) is 16.6. The van der Waals surface area contributed by atoms with Gasteiger partial charge in [0.15, 0.2) is 5.11 Å². The molecule has 0 aliphatic carbocycles. The molecule has 0 aliphatic heterocycles. The SMILES string of the molecule is CCCCCCCCCCCCCCCC(=O)N[C@H](NC(=S)Nc1ccc(C)cc1C)C(Cl)(Cl)Cl. The minimum absolute atomic E-state index is 0.161. The summed E-state index contributed by atoms with van der Waals surface area (Å²) in [6.45, 7) is 6.27. The Hall–Kier alpha value is -0.750. The molecule has 0 saturated carbocycles. The number of anilines is 1. The number of amides is 1. The van der Waals surface area contributed by atoms with Gasteiger partial charge in [0.2, 0.25) is 9.70 Å². The predicted molar refractivity (Wildman–Crippen MR) is 158 cm³/mol. The second-order valence-corrected chi connectivity index (χ2v) is 12.2.